The number of ketones is 1. The Morgan fingerprint density at radius 2 is 2.00 bits per heavy atom. The second-order valence-corrected chi connectivity index (χ2v) is 10.1. The van der Waals surface area contributed by atoms with Crippen molar-refractivity contribution < 1.29 is 14.3 Å². The molecule has 4 rings (SSSR count). The predicted octanol–water partition coefficient (Wildman–Crippen LogP) is 5.95. The quantitative estimate of drug-likeness (QED) is 0.241. The van der Waals surface area contributed by atoms with Gasteiger partial charge in [-0.15, -0.1) is 0 Å². The molecule has 0 amide bonds. The summed E-state index contributed by atoms with van der Waals surface area (Å²) in [6.45, 7) is 7.58. The van der Waals surface area contributed by atoms with Crippen LogP contribution in [0.15, 0.2) is 35.1 Å². The average molecular weight is 397 g/mol. The fourth-order valence-corrected chi connectivity index (χ4v) is 7.14. The van der Waals surface area contributed by atoms with E-state index in [9.17, 15) is 9.59 Å². The van der Waals surface area contributed by atoms with Crippen LogP contribution in [-0.4, -0.2) is 18.7 Å². The van der Waals surface area contributed by atoms with Crippen LogP contribution in [0, 0.1) is 28.6 Å². The second-order valence-electron chi connectivity index (χ2n) is 10.1. The first kappa shape index (κ1) is 20.6. The van der Waals surface area contributed by atoms with Crippen molar-refractivity contribution in [2.24, 2.45) is 28.6 Å². The third-order valence-corrected chi connectivity index (χ3v) is 8.75. The highest BCUT2D eigenvalue weighted by Crippen LogP contribution is 2.66. The van der Waals surface area contributed by atoms with Crippen molar-refractivity contribution >= 4 is 12.1 Å². The number of fused-ring (bicyclic) bond motifs is 5. The van der Waals surface area contributed by atoms with Gasteiger partial charge in [-0.05, 0) is 85.8 Å². The minimum absolute atomic E-state index is 0.0365. The Kier molecular flexibility index (Phi) is 5.61. The molecule has 3 heteroatoms. The molecule has 0 spiro atoms. The molecule has 3 saturated carbocycles. The first-order valence-electron chi connectivity index (χ1n) is 11.7. The number of ether oxygens (including phenoxy) is 1. The minimum atomic E-state index is 0.0365. The molecule has 158 valence electrons. The summed E-state index contributed by atoms with van der Waals surface area (Å²) in [7, 11) is 0. The van der Waals surface area contributed by atoms with E-state index in [1.54, 1.807) is 6.08 Å². The normalized spacial score (nSPS) is 39.9. The molecule has 4 aliphatic rings. The summed E-state index contributed by atoms with van der Waals surface area (Å²) in [4.78, 5) is 23.8. The standard InChI is InChI=1S/C26H36O3/c1-4-5-6-15-29-24(17-27)23-10-9-21-20-8-7-18-16-19(28)11-13-25(18,2)22(20)12-14-26(21,23)3/h11,13,16-17,20-22H,4-10,12,14-15H2,1-3H3/t20-,21-,22-,25-,26-/m0/s1. The van der Waals surface area contributed by atoms with Crippen molar-refractivity contribution in [2.45, 2.75) is 78.6 Å². The zero-order valence-corrected chi connectivity index (χ0v) is 18.3. The Hall–Kier alpha value is -1.64. The van der Waals surface area contributed by atoms with Gasteiger partial charge in [-0.25, -0.2) is 0 Å². The second kappa shape index (κ2) is 7.89. The summed E-state index contributed by atoms with van der Waals surface area (Å²) in [5, 5.41) is 0. The molecule has 0 heterocycles. The molecule has 0 saturated heterocycles. The van der Waals surface area contributed by atoms with E-state index in [0.29, 0.717) is 30.1 Å². The highest BCUT2D eigenvalue weighted by Gasteiger charge is 2.57. The van der Waals surface area contributed by atoms with E-state index in [-0.39, 0.29) is 16.6 Å². The number of carbonyl (C=O) groups is 2. The number of rotatable bonds is 6. The first-order chi connectivity index (χ1) is 13.9. The summed E-state index contributed by atoms with van der Waals surface area (Å²) in [5.41, 5.74) is 2.76. The van der Waals surface area contributed by atoms with E-state index >= 15 is 0 Å². The Bertz CT molecular complexity index is 773. The zero-order valence-electron chi connectivity index (χ0n) is 18.3. The highest BCUT2D eigenvalue weighted by molar-refractivity contribution is 6.01. The van der Waals surface area contributed by atoms with E-state index in [0.717, 1.165) is 51.2 Å². The number of allylic oxidation sites excluding steroid dienone is 6. The lowest BCUT2D eigenvalue weighted by atomic mass is 9.48. The number of aldehydes is 1. The van der Waals surface area contributed by atoms with Crippen LogP contribution < -0.4 is 0 Å². The molecule has 0 unspecified atom stereocenters. The van der Waals surface area contributed by atoms with Crippen molar-refractivity contribution in [3.05, 3.63) is 35.1 Å². The number of hydrogen-bond acceptors (Lipinski definition) is 3. The van der Waals surface area contributed by atoms with E-state index in [1.807, 2.05) is 6.08 Å². The molecule has 0 bridgehead atoms. The third kappa shape index (κ3) is 3.35. The van der Waals surface area contributed by atoms with Gasteiger partial charge in [0.1, 0.15) is 0 Å². The van der Waals surface area contributed by atoms with Gasteiger partial charge in [0.2, 0.25) is 0 Å². The van der Waals surface area contributed by atoms with E-state index in [1.165, 1.54) is 24.0 Å². The van der Waals surface area contributed by atoms with Crippen LogP contribution in [0.4, 0.5) is 0 Å². The van der Waals surface area contributed by atoms with Gasteiger partial charge in [-0.3, -0.25) is 9.59 Å². The minimum Gasteiger partial charge on any atom is -0.490 e. The van der Waals surface area contributed by atoms with Crippen molar-refractivity contribution in [1.82, 2.24) is 0 Å². The van der Waals surface area contributed by atoms with Gasteiger partial charge in [-0.1, -0.05) is 45.3 Å². The van der Waals surface area contributed by atoms with Crippen LogP contribution in [0.5, 0.6) is 0 Å². The fraction of sp³-hybridized carbons (Fsp3) is 0.692. The molecular weight excluding hydrogens is 360 g/mol. The van der Waals surface area contributed by atoms with Gasteiger partial charge in [-0.2, -0.15) is 0 Å². The van der Waals surface area contributed by atoms with Crippen LogP contribution in [-0.2, 0) is 14.3 Å². The molecule has 5 atom stereocenters. The Labute approximate surface area is 175 Å². The predicted molar refractivity (Wildman–Crippen MR) is 115 cm³/mol. The first-order valence-corrected chi connectivity index (χ1v) is 11.7. The molecule has 0 aliphatic heterocycles. The summed E-state index contributed by atoms with van der Waals surface area (Å²) in [6, 6.07) is 0. The summed E-state index contributed by atoms with van der Waals surface area (Å²) in [6.07, 6.45) is 16.8. The SMILES string of the molecule is CCCCCOC(C=O)=C1CC[C@H]2[C@@H]3CCC4=CC(=O)C=C[C@]4(C)[C@H]3CC[C@]12C. The van der Waals surface area contributed by atoms with E-state index < -0.39 is 0 Å². The molecule has 3 nitrogen and oxygen atoms in total. The van der Waals surface area contributed by atoms with Crippen molar-refractivity contribution in [2.75, 3.05) is 6.61 Å². The molecule has 0 aromatic rings. The van der Waals surface area contributed by atoms with Crippen molar-refractivity contribution in [1.29, 1.82) is 0 Å². The largest absolute Gasteiger partial charge is 0.490 e. The van der Waals surface area contributed by atoms with Gasteiger partial charge >= 0.3 is 0 Å². The Morgan fingerprint density at radius 1 is 1.17 bits per heavy atom. The van der Waals surface area contributed by atoms with Gasteiger partial charge in [0, 0.05) is 5.41 Å². The van der Waals surface area contributed by atoms with Crippen LogP contribution in [0.2, 0.25) is 0 Å². The molecule has 3 fully saturated rings. The van der Waals surface area contributed by atoms with Gasteiger partial charge in [0.25, 0.3) is 0 Å². The summed E-state index contributed by atoms with van der Waals surface area (Å²) < 4.78 is 6.00. The number of hydrogen-bond donors (Lipinski definition) is 0. The molecular formula is C26H36O3. The number of carbonyl (C=O) groups excluding carboxylic acids is 2. The van der Waals surface area contributed by atoms with Crippen molar-refractivity contribution in [3.63, 3.8) is 0 Å². The fourth-order valence-electron chi connectivity index (χ4n) is 7.14. The van der Waals surface area contributed by atoms with Crippen molar-refractivity contribution in [3.8, 4) is 0 Å². The molecule has 0 aromatic carbocycles. The lowest BCUT2D eigenvalue weighted by Crippen LogP contribution is -2.48. The topological polar surface area (TPSA) is 43.4 Å². The van der Waals surface area contributed by atoms with E-state index in [4.69, 9.17) is 4.74 Å². The maximum atomic E-state index is 11.9. The van der Waals surface area contributed by atoms with Gasteiger partial charge in [0.15, 0.2) is 17.8 Å². The van der Waals surface area contributed by atoms with Gasteiger partial charge in [0.05, 0.1) is 6.61 Å². The monoisotopic (exact) mass is 396 g/mol. The number of unbranched alkanes of at least 4 members (excludes halogenated alkanes) is 2. The third-order valence-electron chi connectivity index (χ3n) is 8.75. The maximum Gasteiger partial charge on any atom is 0.184 e. The lowest BCUT2D eigenvalue weighted by molar-refractivity contribution is -0.111. The van der Waals surface area contributed by atoms with Crippen LogP contribution in [0.25, 0.3) is 0 Å². The summed E-state index contributed by atoms with van der Waals surface area (Å²) >= 11 is 0. The zero-order chi connectivity index (χ0) is 20.6. The highest BCUT2D eigenvalue weighted by atomic mass is 16.5. The van der Waals surface area contributed by atoms with Crippen LogP contribution in [0.1, 0.15) is 78.6 Å². The molecule has 4 aliphatic carbocycles. The van der Waals surface area contributed by atoms with E-state index in [2.05, 4.69) is 26.8 Å². The smallest absolute Gasteiger partial charge is 0.184 e. The Balaban J connectivity index is 1.58. The maximum absolute atomic E-state index is 11.9. The average Bonchev–Trinajstić information content (AvgIpc) is 3.06. The van der Waals surface area contributed by atoms with Crippen LogP contribution >= 0.6 is 0 Å². The molecule has 0 radical (unpaired) electrons. The molecule has 29 heavy (non-hydrogen) atoms. The lowest BCUT2D eigenvalue weighted by Gasteiger charge is -2.56. The van der Waals surface area contributed by atoms with Crippen LogP contribution in [0.3, 0.4) is 0 Å². The van der Waals surface area contributed by atoms with Gasteiger partial charge < -0.3 is 4.74 Å². The Morgan fingerprint density at radius 3 is 2.76 bits per heavy atom. The molecule has 0 aromatic heterocycles. The molecule has 0 N–H and O–H groups in total. The summed E-state index contributed by atoms with van der Waals surface area (Å²) in [5.74, 6) is 2.68.